The molecule has 1 aromatic heterocycles. The van der Waals surface area contributed by atoms with Gasteiger partial charge in [0.05, 0.1) is 12.3 Å². The third-order valence-corrected chi connectivity index (χ3v) is 5.99. The Labute approximate surface area is 163 Å². The maximum Gasteiger partial charge on any atom is 0.129 e. The zero-order valence-corrected chi connectivity index (χ0v) is 17.1. The number of aromatic nitrogens is 1. The summed E-state index contributed by atoms with van der Waals surface area (Å²) in [5.74, 6) is 0.836. The molecule has 0 radical (unpaired) electrons. The molecule has 0 bridgehead atoms. The minimum absolute atomic E-state index is 0.520. The van der Waals surface area contributed by atoms with Crippen molar-refractivity contribution in [3.8, 4) is 27.6 Å². The molecule has 0 aliphatic rings. The Morgan fingerprint density at radius 3 is 2.65 bits per heavy atom. The van der Waals surface area contributed by atoms with Crippen molar-refractivity contribution in [2.45, 2.75) is 34.2 Å². The van der Waals surface area contributed by atoms with E-state index in [1.165, 1.54) is 0 Å². The number of nitrogens with two attached hydrogens (primary N) is 1. The topological polar surface area (TPSA) is 48.1 Å². The molecule has 2 aromatic carbocycles. The summed E-state index contributed by atoms with van der Waals surface area (Å²) in [5.41, 5.74) is 11.9. The SMILES string of the molecule is CCOc1cc(C)c(Cl)c(C)c1-c1nc(-c2cccc(CN)c2)sc1C. The van der Waals surface area contributed by atoms with Gasteiger partial charge in [-0.2, -0.15) is 0 Å². The van der Waals surface area contributed by atoms with Crippen molar-refractivity contribution >= 4 is 22.9 Å². The van der Waals surface area contributed by atoms with Gasteiger partial charge in [-0.05, 0) is 56.5 Å². The van der Waals surface area contributed by atoms with Crippen LogP contribution in [0.25, 0.3) is 21.8 Å². The second-order valence-corrected chi connectivity index (χ2v) is 7.85. The number of aryl methyl sites for hydroxylation is 2. The first kappa shape index (κ1) is 18.9. The van der Waals surface area contributed by atoms with Crippen LogP contribution in [0.2, 0.25) is 5.02 Å². The zero-order valence-electron chi connectivity index (χ0n) is 15.5. The van der Waals surface area contributed by atoms with Crippen LogP contribution >= 0.6 is 22.9 Å². The molecule has 136 valence electrons. The molecular formula is C21H23ClN2OS. The third kappa shape index (κ3) is 3.50. The van der Waals surface area contributed by atoms with E-state index < -0.39 is 0 Å². The van der Waals surface area contributed by atoms with E-state index in [0.29, 0.717) is 13.2 Å². The standard InChI is InChI=1S/C21H23ClN2OS/c1-5-25-17-9-12(2)19(22)13(3)18(17)20-14(4)26-21(24-20)16-8-6-7-15(10-16)11-23/h6-10H,5,11,23H2,1-4H3. The summed E-state index contributed by atoms with van der Waals surface area (Å²) in [5, 5.41) is 1.74. The van der Waals surface area contributed by atoms with Crippen LogP contribution in [0.3, 0.4) is 0 Å². The van der Waals surface area contributed by atoms with E-state index >= 15 is 0 Å². The first-order valence-electron chi connectivity index (χ1n) is 8.65. The Morgan fingerprint density at radius 1 is 1.19 bits per heavy atom. The number of ether oxygens (including phenoxy) is 1. The smallest absolute Gasteiger partial charge is 0.129 e. The summed E-state index contributed by atoms with van der Waals surface area (Å²) in [6, 6.07) is 10.2. The minimum Gasteiger partial charge on any atom is -0.493 e. The fourth-order valence-electron chi connectivity index (χ4n) is 3.07. The second-order valence-electron chi connectivity index (χ2n) is 6.27. The third-order valence-electron chi connectivity index (χ3n) is 4.39. The van der Waals surface area contributed by atoms with Crippen molar-refractivity contribution in [1.29, 1.82) is 0 Å². The zero-order chi connectivity index (χ0) is 18.8. The lowest BCUT2D eigenvalue weighted by atomic mass is 10.0. The molecule has 26 heavy (non-hydrogen) atoms. The lowest BCUT2D eigenvalue weighted by Crippen LogP contribution is -1.99. The second kappa shape index (κ2) is 7.78. The van der Waals surface area contributed by atoms with Gasteiger partial charge in [0.1, 0.15) is 10.8 Å². The van der Waals surface area contributed by atoms with Crippen LogP contribution in [-0.4, -0.2) is 11.6 Å². The summed E-state index contributed by atoms with van der Waals surface area (Å²) in [6.45, 7) is 9.22. The molecular weight excluding hydrogens is 364 g/mol. The number of hydrogen-bond donors (Lipinski definition) is 1. The monoisotopic (exact) mass is 386 g/mol. The van der Waals surface area contributed by atoms with Gasteiger partial charge in [0.15, 0.2) is 0 Å². The Bertz CT molecular complexity index is 949. The molecule has 1 heterocycles. The summed E-state index contributed by atoms with van der Waals surface area (Å²) < 4.78 is 5.90. The summed E-state index contributed by atoms with van der Waals surface area (Å²) >= 11 is 8.20. The van der Waals surface area contributed by atoms with Gasteiger partial charge >= 0.3 is 0 Å². The van der Waals surface area contributed by atoms with E-state index in [1.807, 2.05) is 39.0 Å². The number of halogens is 1. The number of rotatable bonds is 5. The summed E-state index contributed by atoms with van der Waals surface area (Å²) in [7, 11) is 0. The van der Waals surface area contributed by atoms with Gasteiger partial charge in [-0.1, -0.05) is 29.8 Å². The highest BCUT2D eigenvalue weighted by molar-refractivity contribution is 7.15. The van der Waals surface area contributed by atoms with E-state index in [0.717, 1.165) is 54.2 Å². The van der Waals surface area contributed by atoms with Crippen LogP contribution in [0.4, 0.5) is 0 Å². The number of hydrogen-bond acceptors (Lipinski definition) is 4. The van der Waals surface area contributed by atoms with E-state index in [2.05, 4.69) is 19.1 Å². The maximum absolute atomic E-state index is 6.53. The van der Waals surface area contributed by atoms with Gasteiger partial charge in [-0.3, -0.25) is 0 Å². The van der Waals surface area contributed by atoms with Gasteiger partial charge in [0.2, 0.25) is 0 Å². The van der Waals surface area contributed by atoms with E-state index in [9.17, 15) is 0 Å². The molecule has 0 aliphatic heterocycles. The van der Waals surface area contributed by atoms with Crippen LogP contribution < -0.4 is 10.5 Å². The molecule has 3 nitrogen and oxygen atoms in total. The molecule has 3 rings (SSSR count). The number of nitrogens with zero attached hydrogens (tertiary/aromatic N) is 1. The minimum atomic E-state index is 0.520. The molecule has 0 atom stereocenters. The van der Waals surface area contributed by atoms with Gasteiger partial charge in [-0.25, -0.2) is 4.98 Å². The predicted octanol–water partition coefficient (Wildman–Crippen LogP) is 5.91. The molecule has 0 saturated carbocycles. The molecule has 0 fully saturated rings. The van der Waals surface area contributed by atoms with Crippen LogP contribution in [0, 0.1) is 20.8 Å². The Hall–Kier alpha value is -1.88. The molecule has 0 aliphatic carbocycles. The number of benzene rings is 2. The highest BCUT2D eigenvalue weighted by Gasteiger charge is 2.20. The molecule has 5 heteroatoms. The number of thiazole rings is 1. The van der Waals surface area contributed by atoms with Crippen molar-refractivity contribution in [1.82, 2.24) is 4.98 Å². The lowest BCUT2D eigenvalue weighted by molar-refractivity contribution is 0.341. The Morgan fingerprint density at radius 2 is 1.96 bits per heavy atom. The molecule has 0 unspecified atom stereocenters. The Balaban J connectivity index is 2.17. The van der Waals surface area contributed by atoms with Gasteiger partial charge in [0.25, 0.3) is 0 Å². The quantitative estimate of drug-likeness (QED) is 0.592. The van der Waals surface area contributed by atoms with Gasteiger partial charge < -0.3 is 10.5 Å². The van der Waals surface area contributed by atoms with Crippen LogP contribution in [-0.2, 0) is 6.54 Å². The largest absolute Gasteiger partial charge is 0.493 e. The highest BCUT2D eigenvalue weighted by Crippen LogP contribution is 2.42. The average Bonchev–Trinajstić information content (AvgIpc) is 3.02. The van der Waals surface area contributed by atoms with Crippen molar-refractivity contribution in [2.75, 3.05) is 6.61 Å². The fraction of sp³-hybridized carbons (Fsp3) is 0.286. The summed E-state index contributed by atoms with van der Waals surface area (Å²) in [6.07, 6.45) is 0. The van der Waals surface area contributed by atoms with E-state index in [1.54, 1.807) is 11.3 Å². The van der Waals surface area contributed by atoms with Crippen molar-refractivity contribution < 1.29 is 4.74 Å². The van der Waals surface area contributed by atoms with Crippen molar-refractivity contribution in [3.05, 3.63) is 56.9 Å². The summed E-state index contributed by atoms with van der Waals surface area (Å²) in [4.78, 5) is 6.08. The predicted molar refractivity (Wildman–Crippen MR) is 111 cm³/mol. The highest BCUT2D eigenvalue weighted by atomic mass is 35.5. The first-order chi connectivity index (χ1) is 12.5. The Kier molecular flexibility index (Phi) is 5.66. The van der Waals surface area contributed by atoms with E-state index in [4.69, 9.17) is 27.1 Å². The van der Waals surface area contributed by atoms with Crippen molar-refractivity contribution in [3.63, 3.8) is 0 Å². The molecule has 0 amide bonds. The molecule has 0 spiro atoms. The molecule has 2 N–H and O–H groups in total. The fourth-order valence-corrected chi connectivity index (χ4v) is 4.13. The molecule has 0 saturated heterocycles. The average molecular weight is 387 g/mol. The van der Waals surface area contributed by atoms with Crippen LogP contribution in [0.15, 0.2) is 30.3 Å². The van der Waals surface area contributed by atoms with Crippen molar-refractivity contribution in [2.24, 2.45) is 5.73 Å². The van der Waals surface area contributed by atoms with Gasteiger partial charge in [-0.15, -0.1) is 11.3 Å². The lowest BCUT2D eigenvalue weighted by Gasteiger charge is -2.15. The molecule has 3 aromatic rings. The van der Waals surface area contributed by atoms with E-state index in [-0.39, 0.29) is 0 Å². The first-order valence-corrected chi connectivity index (χ1v) is 9.85. The maximum atomic E-state index is 6.53. The van der Waals surface area contributed by atoms with Crippen LogP contribution in [0.5, 0.6) is 5.75 Å². The van der Waals surface area contributed by atoms with Crippen LogP contribution in [0.1, 0.15) is 28.5 Å². The van der Waals surface area contributed by atoms with Gasteiger partial charge in [0, 0.05) is 27.6 Å². The normalized spacial score (nSPS) is 11.0.